The van der Waals surface area contributed by atoms with Gasteiger partial charge in [0.05, 0.1) is 17.5 Å². The molecule has 2 aromatic carbocycles. The van der Waals surface area contributed by atoms with Crippen molar-refractivity contribution in [2.24, 2.45) is 23.2 Å². The summed E-state index contributed by atoms with van der Waals surface area (Å²) in [5, 5.41) is 3.18. The number of rotatable bonds is 2. The number of methoxy groups -OCH3 is 1. The number of sulfonamides is 1. The van der Waals surface area contributed by atoms with Gasteiger partial charge < -0.3 is 19.7 Å². The normalized spacial score (nSPS) is 34.0. The van der Waals surface area contributed by atoms with Gasteiger partial charge in [-0.2, -0.15) is 0 Å². The van der Waals surface area contributed by atoms with Crippen molar-refractivity contribution in [1.29, 1.82) is 0 Å². The third kappa shape index (κ3) is 6.86. The van der Waals surface area contributed by atoms with Gasteiger partial charge in [-0.15, -0.1) is 0 Å². The fraction of sp³-hybridized carbons (Fsp3) is 0.600. The molecule has 8 rings (SSSR count). The third-order valence-electron chi connectivity index (χ3n) is 13.1. The lowest BCUT2D eigenvalue weighted by atomic mass is 9.64. The van der Waals surface area contributed by atoms with Crippen LogP contribution in [0.25, 0.3) is 0 Å². The highest BCUT2D eigenvalue weighted by atomic mass is 35.5. The highest BCUT2D eigenvalue weighted by Crippen LogP contribution is 2.49. The topological polar surface area (TPSA) is 114 Å². The zero-order valence-corrected chi connectivity index (χ0v) is 31.7. The summed E-state index contributed by atoms with van der Waals surface area (Å²) < 4.78 is 41.3. The molecule has 2 N–H and O–H groups in total. The molecule has 6 atom stereocenters. The minimum absolute atomic E-state index is 0.0434. The average molecular weight is 738 g/mol. The van der Waals surface area contributed by atoms with E-state index in [0.29, 0.717) is 36.9 Å². The summed E-state index contributed by atoms with van der Waals surface area (Å²) in [7, 11) is -2.41. The fourth-order valence-corrected chi connectivity index (χ4v) is 10.7. The monoisotopic (exact) mass is 737 g/mol. The largest absolute Gasteiger partial charge is 0.490 e. The minimum atomic E-state index is -3.97. The van der Waals surface area contributed by atoms with Crippen LogP contribution in [-0.4, -0.2) is 71.4 Å². The van der Waals surface area contributed by atoms with Crippen molar-refractivity contribution in [2.75, 3.05) is 44.8 Å². The number of benzene rings is 2. The summed E-state index contributed by atoms with van der Waals surface area (Å²) >= 11 is 6.40. The van der Waals surface area contributed by atoms with E-state index in [4.69, 9.17) is 21.1 Å². The first kappa shape index (κ1) is 36.4. The maximum absolute atomic E-state index is 13.4. The number of halogens is 1. The van der Waals surface area contributed by atoms with E-state index in [-0.39, 0.29) is 28.7 Å². The number of hydrogen-bond acceptors (Lipinski definition) is 8. The molecule has 1 saturated heterocycles. The van der Waals surface area contributed by atoms with Gasteiger partial charge in [-0.05, 0) is 123 Å². The molecular formula is C40H52ClN3O6S. The highest BCUT2D eigenvalue weighted by molar-refractivity contribution is 7.90. The molecule has 11 heteroatoms. The first-order valence-corrected chi connectivity index (χ1v) is 20.6. The van der Waals surface area contributed by atoms with Gasteiger partial charge >= 0.3 is 0 Å². The van der Waals surface area contributed by atoms with E-state index in [9.17, 15) is 18.0 Å². The van der Waals surface area contributed by atoms with Crippen molar-refractivity contribution >= 4 is 39.5 Å². The Balaban J connectivity index is 0.000000512. The summed E-state index contributed by atoms with van der Waals surface area (Å²) in [5.41, 5.74) is 2.88. The van der Waals surface area contributed by atoms with Crippen molar-refractivity contribution in [3.05, 3.63) is 70.3 Å². The van der Waals surface area contributed by atoms with E-state index >= 15 is 0 Å². The summed E-state index contributed by atoms with van der Waals surface area (Å²) in [6, 6.07) is 11.3. The number of aryl methyl sites for hydroxylation is 1. The van der Waals surface area contributed by atoms with Gasteiger partial charge in [0.25, 0.3) is 5.91 Å². The maximum Gasteiger partial charge on any atom is 0.264 e. The van der Waals surface area contributed by atoms with E-state index in [1.165, 1.54) is 43.5 Å². The third-order valence-corrected chi connectivity index (χ3v) is 15.3. The molecule has 3 aliphatic carbocycles. The standard InChI is InChI=1S/C34H41ClN2O6S.C6H11N/c1-22-6-4-15-34(20-38,42-3)29-11-8-26(29)18-37-19-33(14-5-7-24-16-27(35)10-12-28(24)33)21-43-31-13-9-25(17-30(31)37)32(39)36-44(40,41)23(22)2;1-2-6(3-1)4-7-5-6/h4,9-10,12-13,15-17,20,22-23,26,29H,5-8,11,14,18-19,21H2,1-3H3,(H,36,39);7H,1-5H2/b15-4+;/t22-,23+,26-,29+,33-,34+;/m0./s1. The molecule has 3 aliphatic heterocycles. The van der Waals surface area contributed by atoms with Crippen LogP contribution in [0.4, 0.5) is 5.69 Å². The van der Waals surface area contributed by atoms with Crippen LogP contribution in [0.15, 0.2) is 48.6 Å². The number of anilines is 1. The average Bonchev–Trinajstić information content (AvgIpc) is 3.20. The van der Waals surface area contributed by atoms with Gasteiger partial charge in [0, 0.05) is 55.2 Å². The molecular weight excluding hydrogens is 686 g/mol. The number of aldehydes is 1. The summed E-state index contributed by atoms with van der Waals surface area (Å²) in [4.78, 5) is 28.4. The molecule has 9 nitrogen and oxygen atoms in total. The number of fused-ring (bicyclic) bond motifs is 4. The van der Waals surface area contributed by atoms with Crippen LogP contribution in [0.2, 0.25) is 5.02 Å². The van der Waals surface area contributed by atoms with Crippen molar-refractivity contribution in [3.8, 4) is 5.75 Å². The first-order valence-electron chi connectivity index (χ1n) is 18.7. The van der Waals surface area contributed by atoms with E-state index < -0.39 is 26.8 Å². The van der Waals surface area contributed by atoms with E-state index in [2.05, 4.69) is 27.1 Å². The number of carbonyl (C=O) groups is 2. The molecule has 2 aromatic rings. The molecule has 2 bridgehead atoms. The SMILES string of the molecule is C1CC2(C1)CNC2.CO[C@@]1(C=O)/C=C/C[C@H](C)[C@@H](C)S(=O)(=O)NC(=O)c2ccc3c(c2)N(C[C@@H]2CC[C@H]21)C[C@@]1(CCCc2cc(Cl)ccc21)CO3. The maximum atomic E-state index is 13.4. The van der Waals surface area contributed by atoms with Gasteiger partial charge in [0.2, 0.25) is 10.0 Å². The Morgan fingerprint density at radius 3 is 2.49 bits per heavy atom. The molecule has 276 valence electrons. The van der Waals surface area contributed by atoms with Gasteiger partial charge in [-0.25, -0.2) is 13.1 Å². The predicted octanol–water partition coefficient (Wildman–Crippen LogP) is 6.23. The summed E-state index contributed by atoms with van der Waals surface area (Å²) in [5.74, 6) is -0.203. The summed E-state index contributed by atoms with van der Waals surface area (Å²) in [6.07, 6.45) is 14.1. The molecule has 2 saturated carbocycles. The number of hydrogen-bond donors (Lipinski definition) is 2. The Labute approximate surface area is 307 Å². The van der Waals surface area contributed by atoms with Gasteiger partial charge in [-0.1, -0.05) is 37.1 Å². The second kappa shape index (κ2) is 14.1. The lowest BCUT2D eigenvalue weighted by Crippen LogP contribution is -2.57. The van der Waals surface area contributed by atoms with Crippen LogP contribution in [0.1, 0.15) is 86.7 Å². The Bertz CT molecular complexity index is 1780. The van der Waals surface area contributed by atoms with Gasteiger partial charge in [0.1, 0.15) is 11.4 Å². The molecule has 0 unspecified atom stereocenters. The molecule has 6 aliphatic rings. The molecule has 0 radical (unpaired) electrons. The number of nitrogens with zero attached hydrogens (tertiary/aromatic N) is 1. The molecule has 51 heavy (non-hydrogen) atoms. The Kier molecular flexibility index (Phi) is 10.1. The van der Waals surface area contributed by atoms with Gasteiger partial charge in [0.15, 0.2) is 6.29 Å². The number of nitrogens with one attached hydrogen (secondary N) is 2. The number of ether oxygens (including phenoxy) is 2. The van der Waals surface area contributed by atoms with Crippen molar-refractivity contribution in [2.45, 2.75) is 87.9 Å². The van der Waals surface area contributed by atoms with E-state index in [1.807, 2.05) is 25.1 Å². The molecule has 0 aromatic heterocycles. The molecule has 3 fully saturated rings. The van der Waals surface area contributed by atoms with Crippen LogP contribution in [-0.2, 0) is 31.4 Å². The number of carbonyl (C=O) groups excluding carboxylic acids is 2. The lowest BCUT2D eigenvalue weighted by molar-refractivity contribution is -0.135. The van der Waals surface area contributed by atoms with E-state index in [1.54, 1.807) is 32.2 Å². The zero-order valence-electron chi connectivity index (χ0n) is 30.1. The summed E-state index contributed by atoms with van der Waals surface area (Å²) in [6.45, 7) is 7.80. The predicted molar refractivity (Wildman–Crippen MR) is 200 cm³/mol. The van der Waals surface area contributed by atoms with Crippen LogP contribution >= 0.6 is 11.6 Å². The smallest absolute Gasteiger partial charge is 0.264 e. The highest BCUT2D eigenvalue weighted by Gasteiger charge is 2.49. The molecule has 2 spiro atoms. The quantitative estimate of drug-likeness (QED) is 0.276. The Morgan fingerprint density at radius 2 is 1.86 bits per heavy atom. The fourth-order valence-electron chi connectivity index (χ4n) is 9.19. The Hall–Kier alpha value is -2.92. The van der Waals surface area contributed by atoms with Crippen LogP contribution in [0.5, 0.6) is 5.75 Å². The lowest BCUT2D eigenvalue weighted by Gasteiger charge is -2.49. The van der Waals surface area contributed by atoms with Crippen molar-refractivity contribution < 1.29 is 27.5 Å². The number of amides is 1. The molecule has 1 amide bonds. The van der Waals surface area contributed by atoms with E-state index in [0.717, 1.165) is 49.5 Å². The zero-order chi connectivity index (χ0) is 36.0. The van der Waals surface area contributed by atoms with Crippen LogP contribution in [0.3, 0.4) is 0 Å². The van der Waals surface area contributed by atoms with Crippen LogP contribution in [0, 0.1) is 23.2 Å². The first-order chi connectivity index (χ1) is 24.4. The second-order valence-corrected chi connectivity index (χ2v) is 18.6. The second-order valence-electron chi connectivity index (χ2n) is 16.2. The Morgan fingerprint density at radius 1 is 1.06 bits per heavy atom. The van der Waals surface area contributed by atoms with Crippen molar-refractivity contribution in [3.63, 3.8) is 0 Å². The molecule has 3 heterocycles. The minimum Gasteiger partial charge on any atom is -0.490 e. The number of allylic oxidation sites excluding steroid dienone is 1. The van der Waals surface area contributed by atoms with Crippen molar-refractivity contribution in [1.82, 2.24) is 10.0 Å². The van der Waals surface area contributed by atoms with Crippen LogP contribution < -0.4 is 19.7 Å². The van der Waals surface area contributed by atoms with Gasteiger partial charge in [-0.3, -0.25) is 9.59 Å².